The van der Waals surface area contributed by atoms with Crippen molar-refractivity contribution in [2.75, 3.05) is 6.26 Å². The Morgan fingerprint density at radius 3 is 2.61 bits per heavy atom. The number of hydrogen-bond donors (Lipinski definition) is 0. The van der Waals surface area contributed by atoms with E-state index < -0.39 is 9.84 Å². The fourth-order valence-corrected chi connectivity index (χ4v) is 4.34. The van der Waals surface area contributed by atoms with E-state index in [0.717, 1.165) is 17.6 Å². The van der Waals surface area contributed by atoms with Crippen LogP contribution in [0, 0.1) is 0 Å². The maximum atomic E-state index is 12.8. The van der Waals surface area contributed by atoms with Gasteiger partial charge in [-0.2, -0.15) is 4.68 Å². The van der Waals surface area contributed by atoms with E-state index in [4.69, 9.17) is 0 Å². The molecule has 4 aromatic rings. The SMILES string of the molecule is CCc1cc2c(=O)n(Cc3nnnn3-c3ccc(S(C)(=O)=O)cc3)cnc2s1. The summed E-state index contributed by atoms with van der Waals surface area (Å²) in [5, 5.41) is 12.2. The number of fused-ring (bicyclic) bond motifs is 1. The first-order chi connectivity index (χ1) is 13.4. The zero-order valence-electron chi connectivity index (χ0n) is 15.1. The molecule has 0 unspecified atom stereocenters. The summed E-state index contributed by atoms with van der Waals surface area (Å²) in [5.41, 5.74) is 0.446. The van der Waals surface area contributed by atoms with Gasteiger partial charge in [-0.05, 0) is 47.2 Å². The average molecular weight is 416 g/mol. The average Bonchev–Trinajstić information content (AvgIpc) is 3.30. The van der Waals surface area contributed by atoms with Crippen molar-refractivity contribution < 1.29 is 8.42 Å². The lowest BCUT2D eigenvalue weighted by molar-refractivity contribution is 0.602. The molecule has 0 saturated heterocycles. The molecule has 4 rings (SSSR count). The first-order valence-electron chi connectivity index (χ1n) is 8.42. The number of sulfone groups is 1. The minimum atomic E-state index is -3.29. The molecule has 0 radical (unpaired) electrons. The molecule has 144 valence electrons. The quantitative estimate of drug-likeness (QED) is 0.484. The third kappa shape index (κ3) is 3.34. The molecular weight excluding hydrogens is 400 g/mol. The van der Waals surface area contributed by atoms with Gasteiger partial charge in [0.25, 0.3) is 5.56 Å². The number of rotatable bonds is 5. The van der Waals surface area contributed by atoms with Gasteiger partial charge in [-0.25, -0.2) is 13.4 Å². The van der Waals surface area contributed by atoms with E-state index in [1.165, 1.54) is 39.0 Å². The van der Waals surface area contributed by atoms with Crippen LogP contribution in [0.5, 0.6) is 0 Å². The molecule has 0 bridgehead atoms. The van der Waals surface area contributed by atoms with Gasteiger partial charge in [0.05, 0.1) is 28.8 Å². The van der Waals surface area contributed by atoms with Gasteiger partial charge in [-0.15, -0.1) is 16.4 Å². The van der Waals surface area contributed by atoms with E-state index in [2.05, 4.69) is 20.5 Å². The van der Waals surface area contributed by atoms with E-state index in [1.54, 1.807) is 12.1 Å². The molecule has 0 fully saturated rings. The summed E-state index contributed by atoms with van der Waals surface area (Å²) in [6, 6.07) is 8.10. The molecule has 0 aliphatic carbocycles. The van der Waals surface area contributed by atoms with Crippen molar-refractivity contribution in [3.63, 3.8) is 0 Å². The minimum absolute atomic E-state index is 0.139. The second kappa shape index (κ2) is 6.91. The molecule has 3 aromatic heterocycles. The topological polar surface area (TPSA) is 113 Å². The van der Waals surface area contributed by atoms with Crippen molar-refractivity contribution >= 4 is 31.4 Å². The highest BCUT2D eigenvalue weighted by molar-refractivity contribution is 7.90. The van der Waals surface area contributed by atoms with Crippen LogP contribution in [-0.4, -0.2) is 44.4 Å². The Hall–Kier alpha value is -2.92. The van der Waals surface area contributed by atoms with Crippen molar-refractivity contribution in [2.45, 2.75) is 24.8 Å². The van der Waals surface area contributed by atoms with Crippen molar-refractivity contribution in [3.05, 3.63) is 57.7 Å². The van der Waals surface area contributed by atoms with Crippen LogP contribution >= 0.6 is 11.3 Å². The summed E-state index contributed by atoms with van der Waals surface area (Å²) in [7, 11) is -3.29. The van der Waals surface area contributed by atoms with Gasteiger partial charge in [0.1, 0.15) is 4.83 Å². The number of aryl methyl sites for hydroxylation is 1. The van der Waals surface area contributed by atoms with Crippen LogP contribution in [0.2, 0.25) is 0 Å². The monoisotopic (exact) mass is 416 g/mol. The molecule has 0 aliphatic heterocycles. The van der Waals surface area contributed by atoms with Crippen LogP contribution < -0.4 is 5.56 Å². The van der Waals surface area contributed by atoms with Gasteiger partial charge in [0.15, 0.2) is 15.7 Å². The molecule has 11 heteroatoms. The molecule has 28 heavy (non-hydrogen) atoms. The summed E-state index contributed by atoms with van der Waals surface area (Å²) in [4.78, 5) is 19.2. The van der Waals surface area contributed by atoms with Crippen molar-refractivity contribution in [1.29, 1.82) is 0 Å². The van der Waals surface area contributed by atoms with Crippen molar-refractivity contribution in [1.82, 2.24) is 29.8 Å². The Kier molecular flexibility index (Phi) is 4.55. The molecule has 0 saturated carbocycles. The van der Waals surface area contributed by atoms with Gasteiger partial charge in [0.2, 0.25) is 0 Å². The predicted molar refractivity (Wildman–Crippen MR) is 105 cm³/mol. The smallest absolute Gasteiger partial charge is 0.262 e. The van der Waals surface area contributed by atoms with Crippen LogP contribution in [0.25, 0.3) is 15.9 Å². The van der Waals surface area contributed by atoms with Crippen molar-refractivity contribution in [2.24, 2.45) is 0 Å². The van der Waals surface area contributed by atoms with Gasteiger partial charge < -0.3 is 0 Å². The minimum Gasteiger partial charge on any atom is -0.291 e. The highest BCUT2D eigenvalue weighted by atomic mass is 32.2. The van der Waals surface area contributed by atoms with Crippen LogP contribution in [0.1, 0.15) is 17.6 Å². The highest BCUT2D eigenvalue weighted by Crippen LogP contribution is 2.21. The predicted octanol–water partition coefficient (Wildman–Crippen LogP) is 1.45. The molecule has 0 spiro atoms. The van der Waals surface area contributed by atoms with E-state index in [-0.39, 0.29) is 17.0 Å². The number of benzene rings is 1. The lowest BCUT2D eigenvalue weighted by Crippen LogP contribution is -2.22. The first kappa shape index (κ1) is 18.4. The van der Waals surface area contributed by atoms with Crippen LogP contribution in [-0.2, 0) is 22.8 Å². The van der Waals surface area contributed by atoms with Crippen LogP contribution in [0.4, 0.5) is 0 Å². The Morgan fingerprint density at radius 2 is 1.93 bits per heavy atom. The van der Waals surface area contributed by atoms with E-state index in [1.807, 2.05) is 13.0 Å². The van der Waals surface area contributed by atoms with Gasteiger partial charge in [0, 0.05) is 11.1 Å². The number of hydrogen-bond acceptors (Lipinski definition) is 8. The molecule has 1 aromatic carbocycles. The number of nitrogens with zero attached hydrogens (tertiary/aromatic N) is 6. The summed E-state index contributed by atoms with van der Waals surface area (Å²) >= 11 is 1.51. The third-order valence-electron chi connectivity index (χ3n) is 4.27. The van der Waals surface area contributed by atoms with E-state index in [0.29, 0.717) is 21.7 Å². The normalized spacial score (nSPS) is 11.9. The van der Waals surface area contributed by atoms with E-state index in [9.17, 15) is 13.2 Å². The zero-order chi connectivity index (χ0) is 19.9. The molecule has 0 N–H and O–H groups in total. The molecule has 3 heterocycles. The maximum absolute atomic E-state index is 12.8. The van der Waals surface area contributed by atoms with Gasteiger partial charge in [-0.1, -0.05) is 6.92 Å². The second-order valence-corrected chi connectivity index (χ2v) is 9.37. The summed E-state index contributed by atoms with van der Waals surface area (Å²) in [6.45, 7) is 2.17. The number of thiophene rings is 1. The fraction of sp³-hybridized carbons (Fsp3) is 0.235. The molecule has 9 nitrogen and oxygen atoms in total. The highest BCUT2D eigenvalue weighted by Gasteiger charge is 2.14. The van der Waals surface area contributed by atoms with Crippen LogP contribution in [0.3, 0.4) is 0 Å². The summed E-state index contributed by atoms with van der Waals surface area (Å²) in [5.74, 6) is 0.432. The lowest BCUT2D eigenvalue weighted by Gasteiger charge is -2.07. The number of tetrazole rings is 1. The molecule has 0 atom stereocenters. The lowest BCUT2D eigenvalue weighted by atomic mass is 10.3. The standard InChI is InChI=1S/C17H16N6O3S2/c1-3-12-8-14-16(27-12)18-10-22(17(14)24)9-15-19-20-21-23(15)11-4-6-13(7-5-11)28(2,25)26/h4-8,10H,3,9H2,1-2H3. The summed E-state index contributed by atoms with van der Waals surface area (Å²) in [6.07, 6.45) is 3.49. The maximum Gasteiger partial charge on any atom is 0.262 e. The largest absolute Gasteiger partial charge is 0.291 e. The second-order valence-electron chi connectivity index (χ2n) is 6.24. The van der Waals surface area contributed by atoms with Crippen LogP contribution in [0.15, 0.2) is 46.3 Å². The van der Waals surface area contributed by atoms with Gasteiger partial charge in [-0.3, -0.25) is 9.36 Å². The molecule has 0 aliphatic rings. The fourth-order valence-electron chi connectivity index (χ4n) is 2.79. The zero-order valence-corrected chi connectivity index (χ0v) is 16.7. The molecule has 0 amide bonds. The van der Waals surface area contributed by atoms with E-state index >= 15 is 0 Å². The Bertz CT molecular complexity index is 1320. The summed E-state index contributed by atoms with van der Waals surface area (Å²) < 4.78 is 26.2. The Morgan fingerprint density at radius 1 is 1.18 bits per heavy atom. The Labute approximate surface area is 164 Å². The number of aromatic nitrogens is 6. The third-order valence-corrected chi connectivity index (χ3v) is 6.59. The molecular formula is C17H16N6O3S2. The van der Waals surface area contributed by atoms with Gasteiger partial charge >= 0.3 is 0 Å². The first-order valence-corrected chi connectivity index (χ1v) is 11.1. The van der Waals surface area contributed by atoms with Crippen molar-refractivity contribution in [3.8, 4) is 5.69 Å². The Balaban J connectivity index is 1.69.